The predicted octanol–water partition coefficient (Wildman–Crippen LogP) is 3.71. The van der Waals surface area contributed by atoms with Gasteiger partial charge in [-0.15, -0.1) is 0 Å². The number of piperidine rings is 1. The van der Waals surface area contributed by atoms with Gasteiger partial charge < -0.3 is 4.90 Å². The Morgan fingerprint density at radius 2 is 1.60 bits per heavy atom. The Hall–Kier alpha value is -2.09. The van der Waals surface area contributed by atoms with Crippen LogP contribution in [0.3, 0.4) is 0 Å². The summed E-state index contributed by atoms with van der Waals surface area (Å²) in [7, 11) is 0. The summed E-state index contributed by atoms with van der Waals surface area (Å²) >= 11 is 0. The summed E-state index contributed by atoms with van der Waals surface area (Å²) in [5.74, 6) is 0.629. The second-order valence-corrected chi connectivity index (χ2v) is 5.37. The zero-order chi connectivity index (χ0) is 13.8. The highest BCUT2D eigenvalue weighted by Gasteiger charge is 2.25. The van der Waals surface area contributed by atoms with Gasteiger partial charge in [0, 0.05) is 24.6 Å². The summed E-state index contributed by atoms with van der Waals surface area (Å²) in [6, 6.07) is 20.1. The Morgan fingerprint density at radius 1 is 0.950 bits per heavy atom. The summed E-state index contributed by atoms with van der Waals surface area (Å²) in [5, 5.41) is 0. The van der Waals surface area contributed by atoms with Gasteiger partial charge in [-0.25, -0.2) is 0 Å². The molecule has 0 spiro atoms. The van der Waals surface area contributed by atoms with Crippen LogP contribution in [-0.4, -0.2) is 23.9 Å². The lowest BCUT2D eigenvalue weighted by atomic mass is 9.90. The molecule has 1 fully saturated rings. The van der Waals surface area contributed by atoms with Crippen molar-refractivity contribution < 1.29 is 4.79 Å². The Bertz CT molecular complexity index is 564. The molecule has 1 saturated heterocycles. The van der Waals surface area contributed by atoms with Gasteiger partial charge >= 0.3 is 0 Å². The van der Waals surface area contributed by atoms with E-state index in [1.807, 2.05) is 41.3 Å². The maximum Gasteiger partial charge on any atom is 0.253 e. The molecule has 1 unspecified atom stereocenters. The quantitative estimate of drug-likeness (QED) is 0.810. The fourth-order valence-corrected chi connectivity index (χ4v) is 2.92. The van der Waals surface area contributed by atoms with Gasteiger partial charge in [0.2, 0.25) is 0 Å². The van der Waals surface area contributed by atoms with Gasteiger partial charge in [-0.2, -0.15) is 0 Å². The number of amides is 1. The topological polar surface area (TPSA) is 20.3 Å². The molecule has 2 heteroatoms. The summed E-state index contributed by atoms with van der Waals surface area (Å²) < 4.78 is 0. The van der Waals surface area contributed by atoms with Crippen LogP contribution in [0, 0.1) is 0 Å². The van der Waals surface area contributed by atoms with E-state index in [9.17, 15) is 4.79 Å². The second-order valence-electron chi connectivity index (χ2n) is 5.37. The minimum atomic E-state index is 0.159. The summed E-state index contributed by atoms with van der Waals surface area (Å²) in [6.45, 7) is 1.70. The molecule has 0 saturated carbocycles. The highest BCUT2D eigenvalue weighted by Crippen LogP contribution is 2.27. The number of carbonyl (C=O) groups excluding carboxylic acids is 1. The van der Waals surface area contributed by atoms with Gasteiger partial charge in [0.15, 0.2) is 0 Å². The lowest BCUT2D eigenvalue weighted by Gasteiger charge is -2.33. The third-order valence-electron chi connectivity index (χ3n) is 4.00. The van der Waals surface area contributed by atoms with Crippen LogP contribution in [0.4, 0.5) is 0 Å². The first-order valence-electron chi connectivity index (χ1n) is 7.24. The molecule has 1 heterocycles. The van der Waals surface area contributed by atoms with Crippen molar-refractivity contribution in [1.82, 2.24) is 4.90 Å². The minimum Gasteiger partial charge on any atom is -0.338 e. The van der Waals surface area contributed by atoms with Crippen LogP contribution in [0.5, 0.6) is 0 Å². The first-order chi connectivity index (χ1) is 9.84. The molecule has 102 valence electrons. The van der Waals surface area contributed by atoms with E-state index in [2.05, 4.69) is 24.3 Å². The lowest BCUT2D eigenvalue weighted by Crippen LogP contribution is -2.39. The SMILES string of the molecule is O=C(c1ccccc1)N1CCCC(c2ccccc2)C1. The van der Waals surface area contributed by atoms with E-state index in [0.717, 1.165) is 25.1 Å². The summed E-state index contributed by atoms with van der Waals surface area (Å²) in [4.78, 5) is 14.5. The number of likely N-dealkylation sites (tertiary alicyclic amines) is 1. The average molecular weight is 265 g/mol. The molecule has 0 N–H and O–H groups in total. The second kappa shape index (κ2) is 5.91. The average Bonchev–Trinajstić information content (AvgIpc) is 2.56. The Kier molecular flexibility index (Phi) is 3.82. The van der Waals surface area contributed by atoms with E-state index < -0.39 is 0 Å². The van der Waals surface area contributed by atoms with Crippen molar-refractivity contribution in [3.8, 4) is 0 Å². The van der Waals surface area contributed by atoms with Crippen molar-refractivity contribution in [2.24, 2.45) is 0 Å². The van der Waals surface area contributed by atoms with E-state index in [-0.39, 0.29) is 5.91 Å². The van der Waals surface area contributed by atoms with Crippen LogP contribution in [0.1, 0.15) is 34.7 Å². The fourth-order valence-electron chi connectivity index (χ4n) is 2.92. The monoisotopic (exact) mass is 265 g/mol. The van der Waals surface area contributed by atoms with E-state index >= 15 is 0 Å². The van der Waals surface area contributed by atoms with Crippen LogP contribution >= 0.6 is 0 Å². The van der Waals surface area contributed by atoms with E-state index in [0.29, 0.717) is 5.92 Å². The highest BCUT2D eigenvalue weighted by atomic mass is 16.2. The number of hydrogen-bond acceptors (Lipinski definition) is 1. The zero-order valence-corrected chi connectivity index (χ0v) is 11.5. The highest BCUT2D eigenvalue weighted by molar-refractivity contribution is 5.94. The van der Waals surface area contributed by atoms with Crippen LogP contribution in [0.25, 0.3) is 0 Å². The van der Waals surface area contributed by atoms with Crippen molar-refractivity contribution in [2.75, 3.05) is 13.1 Å². The van der Waals surface area contributed by atoms with Crippen LogP contribution in [-0.2, 0) is 0 Å². The third-order valence-corrected chi connectivity index (χ3v) is 4.00. The van der Waals surface area contributed by atoms with Crippen molar-refractivity contribution in [3.63, 3.8) is 0 Å². The van der Waals surface area contributed by atoms with Gasteiger partial charge in [0.05, 0.1) is 0 Å². The number of nitrogens with zero attached hydrogens (tertiary/aromatic N) is 1. The Labute approximate surface area is 120 Å². The molecule has 0 bridgehead atoms. The molecule has 3 rings (SSSR count). The summed E-state index contributed by atoms with van der Waals surface area (Å²) in [6.07, 6.45) is 2.25. The molecule has 1 amide bonds. The van der Waals surface area contributed by atoms with Crippen molar-refractivity contribution in [3.05, 3.63) is 71.8 Å². The lowest BCUT2D eigenvalue weighted by molar-refractivity contribution is 0.0707. The van der Waals surface area contributed by atoms with E-state index in [4.69, 9.17) is 0 Å². The molecule has 2 aromatic carbocycles. The normalized spacial score (nSPS) is 18.8. The molecule has 2 aromatic rings. The number of benzene rings is 2. The molecule has 0 aromatic heterocycles. The largest absolute Gasteiger partial charge is 0.338 e. The van der Waals surface area contributed by atoms with Gasteiger partial charge in [-0.1, -0.05) is 48.5 Å². The molecule has 0 radical (unpaired) electrons. The zero-order valence-electron chi connectivity index (χ0n) is 11.5. The van der Waals surface area contributed by atoms with Gasteiger partial charge in [0.25, 0.3) is 5.91 Å². The van der Waals surface area contributed by atoms with Crippen LogP contribution in [0.2, 0.25) is 0 Å². The molecule has 1 atom stereocenters. The van der Waals surface area contributed by atoms with Crippen molar-refractivity contribution in [2.45, 2.75) is 18.8 Å². The maximum absolute atomic E-state index is 12.5. The first-order valence-corrected chi connectivity index (χ1v) is 7.24. The molecule has 20 heavy (non-hydrogen) atoms. The van der Waals surface area contributed by atoms with Crippen LogP contribution in [0.15, 0.2) is 60.7 Å². The number of carbonyl (C=O) groups is 1. The van der Waals surface area contributed by atoms with E-state index in [1.165, 1.54) is 12.0 Å². The third kappa shape index (κ3) is 2.74. The Morgan fingerprint density at radius 3 is 2.30 bits per heavy atom. The number of rotatable bonds is 2. The molecule has 1 aliphatic rings. The molecular weight excluding hydrogens is 246 g/mol. The molecule has 1 aliphatic heterocycles. The molecule has 2 nitrogen and oxygen atoms in total. The first kappa shape index (κ1) is 12.9. The van der Waals surface area contributed by atoms with Crippen molar-refractivity contribution in [1.29, 1.82) is 0 Å². The smallest absolute Gasteiger partial charge is 0.253 e. The van der Waals surface area contributed by atoms with Gasteiger partial charge in [-0.3, -0.25) is 4.79 Å². The molecular formula is C18H19NO. The Balaban J connectivity index is 1.74. The minimum absolute atomic E-state index is 0.159. The van der Waals surface area contributed by atoms with Gasteiger partial charge in [-0.05, 0) is 30.5 Å². The maximum atomic E-state index is 12.5. The fraction of sp³-hybridized carbons (Fsp3) is 0.278. The summed E-state index contributed by atoms with van der Waals surface area (Å²) in [5.41, 5.74) is 2.14. The standard InChI is InChI=1S/C18H19NO/c20-18(16-10-5-2-6-11-16)19-13-7-12-17(14-19)15-8-3-1-4-9-15/h1-6,8-11,17H,7,12-14H2. The van der Waals surface area contributed by atoms with Crippen molar-refractivity contribution >= 4 is 5.91 Å². The van der Waals surface area contributed by atoms with Gasteiger partial charge in [0.1, 0.15) is 0 Å². The van der Waals surface area contributed by atoms with Crippen LogP contribution < -0.4 is 0 Å². The number of hydrogen-bond donors (Lipinski definition) is 0. The molecule has 0 aliphatic carbocycles. The predicted molar refractivity (Wildman–Crippen MR) is 80.8 cm³/mol. The van der Waals surface area contributed by atoms with E-state index in [1.54, 1.807) is 0 Å².